The smallest absolute Gasteiger partial charge is 0.404 e. The Morgan fingerprint density at radius 2 is 1.71 bits per heavy atom. The summed E-state index contributed by atoms with van der Waals surface area (Å²) in [5.41, 5.74) is 0.623. The van der Waals surface area contributed by atoms with Crippen LogP contribution in [-0.2, 0) is 6.54 Å². The Hall–Kier alpha value is -2.11. The van der Waals surface area contributed by atoms with E-state index in [0.717, 1.165) is 0 Å². The lowest BCUT2D eigenvalue weighted by atomic mass is 10.1. The maximum Gasteiger partial charge on any atom is 0.404 e. The van der Waals surface area contributed by atoms with Crippen LogP contribution in [0, 0.1) is 0 Å². The van der Waals surface area contributed by atoms with E-state index < -0.39 is 6.09 Å². The molecule has 0 aliphatic rings. The van der Waals surface area contributed by atoms with Gasteiger partial charge in [0.25, 0.3) is 0 Å². The molecule has 0 aliphatic carbocycles. The number of hydrogen-bond donors (Lipinski definition) is 2. The zero-order valence-corrected chi connectivity index (χ0v) is 9.94. The van der Waals surface area contributed by atoms with Crippen molar-refractivity contribution >= 4 is 6.09 Å². The standard InChI is InChI=1S/C11H15NO5/c1-15-7-4-9(16-2)8(6-12-11(13)14)10(5-7)17-3/h4-5,12H,6H2,1-3H3,(H,13,14). The predicted molar refractivity (Wildman–Crippen MR) is 61.0 cm³/mol. The summed E-state index contributed by atoms with van der Waals surface area (Å²) >= 11 is 0. The molecule has 6 heteroatoms. The summed E-state index contributed by atoms with van der Waals surface area (Å²) in [6, 6.07) is 3.34. The van der Waals surface area contributed by atoms with Crippen molar-refractivity contribution in [1.29, 1.82) is 0 Å². The fourth-order valence-electron chi connectivity index (χ4n) is 1.42. The van der Waals surface area contributed by atoms with Gasteiger partial charge in [0.15, 0.2) is 0 Å². The highest BCUT2D eigenvalue weighted by Gasteiger charge is 2.13. The summed E-state index contributed by atoms with van der Waals surface area (Å²) in [6.45, 7) is 0.103. The van der Waals surface area contributed by atoms with Crippen molar-refractivity contribution in [2.75, 3.05) is 21.3 Å². The Labute approximate surface area is 99.1 Å². The molecule has 0 saturated heterocycles. The van der Waals surface area contributed by atoms with E-state index in [-0.39, 0.29) is 6.54 Å². The van der Waals surface area contributed by atoms with Crippen molar-refractivity contribution in [1.82, 2.24) is 5.32 Å². The molecule has 0 unspecified atom stereocenters. The molecular formula is C11H15NO5. The number of methoxy groups -OCH3 is 3. The lowest BCUT2D eigenvalue weighted by Gasteiger charge is -2.14. The molecule has 0 fully saturated rings. The van der Waals surface area contributed by atoms with Gasteiger partial charge in [-0.15, -0.1) is 0 Å². The van der Waals surface area contributed by atoms with Crippen molar-refractivity contribution in [3.05, 3.63) is 17.7 Å². The Morgan fingerprint density at radius 3 is 2.06 bits per heavy atom. The second-order valence-electron chi connectivity index (χ2n) is 3.17. The van der Waals surface area contributed by atoms with Crippen LogP contribution in [0.4, 0.5) is 4.79 Å². The SMILES string of the molecule is COc1cc(OC)c(CNC(=O)O)c(OC)c1. The van der Waals surface area contributed by atoms with E-state index in [4.69, 9.17) is 19.3 Å². The van der Waals surface area contributed by atoms with Crippen molar-refractivity contribution in [3.8, 4) is 17.2 Å². The maximum atomic E-state index is 10.5. The van der Waals surface area contributed by atoms with Crippen LogP contribution in [0.25, 0.3) is 0 Å². The second kappa shape index (κ2) is 5.83. The third-order valence-electron chi connectivity index (χ3n) is 2.23. The average molecular weight is 241 g/mol. The van der Waals surface area contributed by atoms with Gasteiger partial charge in [-0.25, -0.2) is 4.79 Å². The first kappa shape index (κ1) is 13.0. The van der Waals surface area contributed by atoms with Crippen LogP contribution in [0.1, 0.15) is 5.56 Å². The maximum absolute atomic E-state index is 10.5. The minimum absolute atomic E-state index is 0.103. The van der Waals surface area contributed by atoms with Gasteiger partial charge in [-0.3, -0.25) is 0 Å². The molecule has 1 aromatic carbocycles. The van der Waals surface area contributed by atoms with Crippen LogP contribution in [-0.4, -0.2) is 32.5 Å². The van der Waals surface area contributed by atoms with Gasteiger partial charge in [0, 0.05) is 12.1 Å². The average Bonchev–Trinajstić information content (AvgIpc) is 2.34. The molecule has 0 heterocycles. The Bertz CT molecular complexity index is 380. The van der Waals surface area contributed by atoms with Gasteiger partial charge in [-0.2, -0.15) is 0 Å². The van der Waals surface area contributed by atoms with E-state index >= 15 is 0 Å². The topological polar surface area (TPSA) is 77.0 Å². The lowest BCUT2D eigenvalue weighted by Crippen LogP contribution is -2.20. The number of nitrogens with one attached hydrogen (secondary N) is 1. The monoisotopic (exact) mass is 241 g/mol. The molecule has 1 rings (SSSR count). The fourth-order valence-corrected chi connectivity index (χ4v) is 1.42. The van der Waals surface area contributed by atoms with Crippen molar-refractivity contribution in [2.45, 2.75) is 6.54 Å². The van der Waals surface area contributed by atoms with E-state index in [2.05, 4.69) is 5.32 Å². The summed E-state index contributed by atoms with van der Waals surface area (Å²) in [7, 11) is 4.53. The third-order valence-corrected chi connectivity index (χ3v) is 2.23. The normalized spacial score (nSPS) is 9.59. The van der Waals surface area contributed by atoms with Gasteiger partial charge in [0.1, 0.15) is 17.2 Å². The number of carboxylic acid groups (broad SMARTS) is 1. The molecule has 0 bridgehead atoms. The highest BCUT2D eigenvalue weighted by molar-refractivity contribution is 5.65. The van der Waals surface area contributed by atoms with Gasteiger partial charge in [-0.1, -0.05) is 0 Å². The van der Waals surface area contributed by atoms with Gasteiger partial charge in [0.2, 0.25) is 0 Å². The number of rotatable bonds is 5. The highest BCUT2D eigenvalue weighted by atomic mass is 16.5. The van der Waals surface area contributed by atoms with E-state index in [1.807, 2.05) is 0 Å². The van der Waals surface area contributed by atoms with Gasteiger partial charge < -0.3 is 24.6 Å². The molecule has 0 saturated carbocycles. The Kier molecular flexibility index (Phi) is 4.45. The van der Waals surface area contributed by atoms with Crippen LogP contribution in [0.2, 0.25) is 0 Å². The molecule has 0 spiro atoms. The largest absolute Gasteiger partial charge is 0.496 e. The zero-order valence-electron chi connectivity index (χ0n) is 9.94. The van der Waals surface area contributed by atoms with Crippen LogP contribution in [0.15, 0.2) is 12.1 Å². The molecule has 1 aromatic rings. The number of ether oxygens (including phenoxy) is 3. The molecule has 1 amide bonds. The molecule has 0 atom stereocenters. The summed E-state index contributed by atoms with van der Waals surface area (Å²) in [5, 5.41) is 10.8. The number of carbonyl (C=O) groups is 1. The van der Waals surface area contributed by atoms with Crippen LogP contribution < -0.4 is 19.5 Å². The molecule has 0 aliphatic heterocycles. The predicted octanol–water partition coefficient (Wildman–Crippen LogP) is 1.48. The van der Waals surface area contributed by atoms with E-state index in [1.165, 1.54) is 21.3 Å². The molecule has 0 aromatic heterocycles. The van der Waals surface area contributed by atoms with Crippen molar-refractivity contribution in [3.63, 3.8) is 0 Å². The van der Waals surface area contributed by atoms with E-state index in [9.17, 15) is 4.79 Å². The number of hydrogen-bond acceptors (Lipinski definition) is 4. The van der Waals surface area contributed by atoms with Gasteiger partial charge in [-0.05, 0) is 0 Å². The molecular weight excluding hydrogens is 226 g/mol. The minimum atomic E-state index is -1.11. The Morgan fingerprint density at radius 1 is 1.18 bits per heavy atom. The number of amides is 1. The first-order valence-electron chi connectivity index (χ1n) is 4.88. The molecule has 94 valence electrons. The van der Waals surface area contributed by atoms with Gasteiger partial charge in [0.05, 0.1) is 33.4 Å². The van der Waals surface area contributed by atoms with E-state index in [0.29, 0.717) is 22.8 Å². The summed E-state index contributed by atoms with van der Waals surface area (Å²) in [6.07, 6.45) is -1.11. The second-order valence-corrected chi connectivity index (χ2v) is 3.17. The summed E-state index contributed by atoms with van der Waals surface area (Å²) in [5.74, 6) is 1.60. The first-order chi connectivity index (χ1) is 8.12. The number of benzene rings is 1. The molecule has 0 radical (unpaired) electrons. The molecule has 2 N–H and O–H groups in total. The highest BCUT2D eigenvalue weighted by Crippen LogP contribution is 2.33. The minimum Gasteiger partial charge on any atom is -0.496 e. The summed E-state index contributed by atoms with van der Waals surface area (Å²) in [4.78, 5) is 10.5. The molecule has 6 nitrogen and oxygen atoms in total. The lowest BCUT2D eigenvalue weighted by molar-refractivity contribution is 0.193. The third kappa shape index (κ3) is 3.17. The van der Waals surface area contributed by atoms with Crippen LogP contribution >= 0.6 is 0 Å². The van der Waals surface area contributed by atoms with Gasteiger partial charge >= 0.3 is 6.09 Å². The Balaban J connectivity index is 3.10. The fraction of sp³-hybridized carbons (Fsp3) is 0.364. The summed E-state index contributed by atoms with van der Waals surface area (Å²) < 4.78 is 15.4. The molecule has 17 heavy (non-hydrogen) atoms. The van der Waals surface area contributed by atoms with Crippen LogP contribution in [0.3, 0.4) is 0 Å². The quantitative estimate of drug-likeness (QED) is 0.816. The van der Waals surface area contributed by atoms with E-state index in [1.54, 1.807) is 12.1 Å². The zero-order chi connectivity index (χ0) is 12.8. The van der Waals surface area contributed by atoms with Crippen LogP contribution in [0.5, 0.6) is 17.2 Å². The van der Waals surface area contributed by atoms with Crippen molar-refractivity contribution in [2.24, 2.45) is 0 Å². The van der Waals surface area contributed by atoms with Crippen molar-refractivity contribution < 1.29 is 24.1 Å². The first-order valence-corrected chi connectivity index (χ1v) is 4.88.